The lowest BCUT2D eigenvalue weighted by atomic mass is 10.1. The van der Waals surface area contributed by atoms with Gasteiger partial charge in [0.2, 0.25) is 5.91 Å². The van der Waals surface area contributed by atoms with E-state index >= 15 is 0 Å². The van der Waals surface area contributed by atoms with Crippen molar-refractivity contribution in [1.29, 1.82) is 0 Å². The van der Waals surface area contributed by atoms with E-state index in [1.165, 1.54) is 17.0 Å². The number of likely N-dealkylation sites (N-methyl/N-ethyl adjacent to an activating group) is 1. The van der Waals surface area contributed by atoms with Gasteiger partial charge in [0.1, 0.15) is 11.8 Å². The summed E-state index contributed by atoms with van der Waals surface area (Å²) >= 11 is 0. The topological polar surface area (TPSA) is 69.6 Å². The van der Waals surface area contributed by atoms with Crippen molar-refractivity contribution >= 4 is 11.8 Å². The smallest absolute Gasteiger partial charge is 0.255 e. The predicted molar refractivity (Wildman–Crippen MR) is 63.7 cm³/mol. The van der Waals surface area contributed by atoms with E-state index in [1.54, 1.807) is 33.2 Å². The molecule has 5 nitrogen and oxygen atoms in total. The molecule has 1 atom stereocenters. The molecule has 92 valence electrons. The van der Waals surface area contributed by atoms with Gasteiger partial charge in [0.15, 0.2) is 0 Å². The number of rotatable bonds is 3. The molecule has 1 rings (SSSR count). The van der Waals surface area contributed by atoms with Crippen LogP contribution >= 0.6 is 0 Å². The lowest BCUT2D eigenvalue weighted by Crippen LogP contribution is -2.44. The number of phenolic OH excluding ortho intramolecular Hbond substituents is 1. The summed E-state index contributed by atoms with van der Waals surface area (Å²) in [5, 5.41) is 12.0. The third-order valence-corrected chi connectivity index (χ3v) is 2.31. The van der Waals surface area contributed by atoms with Crippen molar-refractivity contribution in [3.05, 3.63) is 29.8 Å². The van der Waals surface area contributed by atoms with Crippen molar-refractivity contribution in [3.8, 4) is 5.75 Å². The highest BCUT2D eigenvalue weighted by Crippen LogP contribution is 2.15. The van der Waals surface area contributed by atoms with E-state index in [1.807, 2.05) is 0 Å². The maximum absolute atomic E-state index is 11.8. The molecule has 5 heteroatoms. The van der Waals surface area contributed by atoms with Gasteiger partial charge in [0, 0.05) is 14.1 Å². The number of carbonyl (C=O) groups is 2. The highest BCUT2D eigenvalue weighted by atomic mass is 16.3. The Morgan fingerprint density at radius 2 is 1.88 bits per heavy atom. The van der Waals surface area contributed by atoms with Crippen LogP contribution in [-0.4, -0.2) is 42.0 Å². The fraction of sp³-hybridized carbons (Fsp3) is 0.333. The molecule has 0 saturated heterocycles. The van der Waals surface area contributed by atoms with Gasteiger partial charge in [0.25, 0.3) is 5.91 Å². The van der Waals surface area contributed by atoms with Gasteiger partial charge >= 0.3 is 0 Å². The van der Waals surface area contributed by atoms with E-state index in [-0.39, 0.29) is 17.2 Å². The number of para-hydroxylation sites is 1. The first kappa shape index (κ1) is 13.0. The van der Waals surface area contributed by atoms with E-state index in [9.17, 15) is 14.7 Å². The van der Waals surface area contributed by atoms with Crippen LogP contribution in [0.15, 0.2) is 24.3 Å². The molecule has 0 spiro atoms. The first-order valence-corrected chi connectivity index (χ1v) is 5.23. The molecular weight excluding hydrogens is 220 g/mol. The Hall–Kier alpha value is -2.04. The van der Waals surface area contributed by atoms with E-state index in [2.05, 4.69) is 5.32 Å². The standard InChI is InChI=1S/C12H16N2O3/c1-8(12(17)14(2)3)13-11(16)9-6-4-5-7-10(9)15/h4-8,15H,1-3H3,(H,13,16). The van der Waals surface area contributed by atoms with E-state index < -0.39 is 11.9 Å². The predicted octanol–water partition coefficient (Wildman–Crippen LogP) is 0.599. The second-order valence-corrected chi connectivity index (χ2v) is 3.94. The van der Waals surface area contributed by atoms with Gasteiger partial charge in [-0.3, -0.25) is 9.59 Å². The molecule has 0 aliphatic carbocycles. The van der Waals surface area contributed by atoms with Crippen molar-refractivity contribution < 1.29 is 14.7 Å². The summed E-state index contributed by atoms with van der Waals surface area (Å²) in [5.74, 6) is -0.769. The fourth-order valence-electron chi connectivity index (χ4n) is 1.39. The number of nitrogens with zero attached hydrogens (tertiary/aromatic N) is 1. The second kappa shape index (κ2) is 5.34. The van der Waals surface area contributed by atoms with Gasteiger partial charge < -0.3 is 15.3 Å². The summed E-state index contributed by atoms with van der Waals surface area (Å²) in [6.45, 7) is 1.60. The maximum Gasteiger partial charge on any atom is 0.255 e. The molecule has 0 aliphatic heterocycles. The number of nitrogens with one attached hydrogen (secondary N) is 1. The van der Waals surface area contributed by atoms with Crippen molar-refractivity contribution in [2.45, 2.75) is 13.0 Å². The molecule has 17 heavy (non-hydrogen) atoms. The number of phenols is 1. The number of hydrogen-bond acceptors (Lipinski definition) is 3. The fourth-order valence-corrected chi connectivity index (χ4v) is 1.39. The molecule has 1 aromatic carbocycles. The third-order valence-electron chi connectivity index (χ3n) is 2.31. The SMILES string of the molecule is CC(NC(=O)c1ccccc1O)C(=O)N(C)C. The molecule has 2 N–H and O–H groups in total. The zero-order chi connectivity index (χ0) is 13.0. The van der Waals surface area contributed by atoms with Crippen LogP contribution < -0.4 is 5.32 Å². The number of benzene rings is 1. The van der Waals surface area contributed by atoms with Crippen molar-refractivity contribution in [1.82, 2.24) is 10.2 Å². The summed E-state index contributed by atoms with van der Waals surface area (Å²) in [7, 11) is 3.23. The quantitative estimate of drug-likeness (QED) is 0.807. The number of carbonyl (C=O) groups excluding carboxylic acids is 2. The zero-order valence-electron chi connectivity index (χ0n) is 10.1. The van der Waals surface area contributed by atoms with E-state index in [0.29, 0.717) is 0 Å². The molecule has 0 aliphatic rings. The van der Waals surface area contributed by atoms with Gasteiger partial charge in [0.05, 0.1) is 5.56 Å². The van der Waals surface area contributed by atoms with Crippen molar-refractivity contribution in [3.63, 3.8) is 0 Å². The minimum atomic E-state index is -0.628. The van der Waals surface area contributed by atoms with E-state index in [4.69, 9.17) is 0 Å². The minimum absolute atomic E-state index is 0.102. The molecular formula is C12H16N2O3. The molecule has 0 aromatic heterocycles. The van der Waals surface area contributed by atoms with Crippen molar-refractivity contribution in [2.75, 3.05) is 14.1 Å². The summed E-state index contributed by atoms with van der Waals surface area (Å²) in [4.78, 5) is 24.7. The van der Waals surface area contributed by atoms with Crippen LogP contribution in [0.25, 0.3) is 0 Å². The second-order valence-electron chi connectivity index (χ2n) is 3.94. The van der Waals surface area contributed by atoms with Crippen LogP contribution in [0.4, 0.5) is 0 Å². The van der Waals surface area contributed by atoms with Gasteiger partial charge in [-0.1, -0.05) is 12.1 Å². The Morgan fingerprint density at radius 1 is 1.29 bits per heavy atom. The maximum atomic E-state index is 11.8. The number of aromatic hydroxyl groups is 1. The van der Waals surface area contributed by atoms with Crippen LogP contribution in [-0.2, 0) is 4.79 Å². The lowest BCUT2D eigenvalue weighted by molar-refractivity contribution is -0.130. The molecule has 0 bridgehead atoms. The van der Waals surface area contributed by atoms with Crippen LogP contribution in [0.3, 0.4) is 0 Å². The first-order chi connectivity index (χ1) is 7.93. The summed E-state index contributed by atoms with van der Waals surface area (Å²) in [5.41, 5.74) is 0.158. The summed E-state index contributed by atoms with van der Waals surface area (Å²) in [6.07, 6.45) is 0. The van der Waals surface area contributed by atoms with Crippen LogP contribution in [0.1, 0.15) is 17.3 Å². The third kappa shape index (κ3) is 3.21. The number of hydrogen-bond donors (Lipinski definition) is 2. The Bertz CT molecular complexity index is 430. The Balaban J connectivity index is 2.74. The lowest BCUT2D eigenvalue weighted by Gasteiger charge is -2.18. The summed E-state index contributed by atoms with van der Waals surface area (Å²) in [6, 6.07) is 5.57. The van der Waals surface area contributed by atoms with Crippen LogP contribution in [0.5, 0.6) is 5.75 Å². The van der Waals surface area contributed by atoms with Crippen LogP contribution in [0.2, 0.25) is 0 Å². The Labute approximate surface area is 100 Å². The minimum Gasteiger partial charge on any atom is -0.507 e. The van der Waals surface area contributed by atoms with Gasteiger partial charge in [-0.05, 0) is 19.1 Å². The molecule has 2 amide bonds. The van der Waals surface area contributed by atoms with Crippen molar-refractivity contribution in [2.24, 2.45) is 0 Å². The highest BCUT2D eigenvalue weighted by molar-refractivity contribution is 5.99. The molecule has 0 saturated carbocycles. The summed E-state index contributed by atoms with van der Waals surface area (Å²) < 4.78 is 0. The van der Waals surface area contributed by atoms with E-state index in [0.717, 1.165) is 0 Å². The highest BCUT2D eigenvalue weighted by Gasteiger charge is 2.19. The van der Waals surface area contributed by atoms with Gasteiger partial charge in [-0.2, -0.15) is 0 Å². The van der Waals surface area contributed by atoms with Gasteiger partial charge in [-0.25, -0.2) is 0 Å². The average Bonchev–Trinajstić information content (AvgIpc) is 2.28. The molecule has 1 aromatic rings. The Kier molecular flexibility index (Phi) is 4.09. The zero-order valence-corrected chi connectivity index (χ0v) is 10.1. The Morgan fingerprint density at radius 3 is 2.41 bits per heavy atom. The molecule has 0 radical (unpaired) electrons. The molecule has 0 heterocycles. The largest absolute Gasteiger partial charge is 0.507 e. The normalized spacial score (nSPS) is 11.7. The molecule has 0 fully saturated rings. The monoisotopic (exact) mass is 236 g/mol. The molecule has 1 unspecified atom stereocenters. The first-order valence-electron chi connectivity index (χ1n) is 5.23. The average molecular weight is 236 g/mol. The van der Waals surface area contributed by atoms with Gasteiger partial charge in [-0.15, -0.1) is 0 Å². The number of amides is 2. The van der Waals surface area contributed by atoms with Crippen LogP contribution in [0, 0.1) is 0 Å².